The van der Waals surface area contributed by atoms with Crippen LogP contribution in [0, 0.1) is 0 Å². The van der Waals surface area contributed by atoms with Gasteiger partial charge in [-0.05, 0) is 24.2 Å². The molecule has 0 saturated heterocycles. The molecule has 0 unspecified atom stereocenters. The summed E-state index contributed by atoms with van der Waals surface area (Å²) in [6.45, 7) is 1.92. The highest BCUT2D eigenvalue weighted by molar-refractivity contribution is 5.99. The number of fused-ring (bicyclic) bond motifs is 3. The summed E-state index contributed by atoms with van der Waals surface area (Å²) in [5, 5.41) is 1.10. The maximum Gasteiger partial charge on any atom is 0.152 e. The first-order valence-electron chi connectivity index (χ1n) is 5.05. The summed E-state index contributed by atoms with van der Waals surface area (Å²) < 4.78 is 0. The number of hydrogen-bond donors (Lipinski definition) is 1. The van der Waals surface area contributed by atoms with Crippen LogP contribution in [0.2, 0.25) is 0 Å². The molecule has 3 nitrogen and oxygen atoms in total. The van der Waals surface area contributed by atoms with Gasteiger partial charge in [0.25, 0.3) is 0 Å². The van der Waals surface area contributed by atoms with E-state index in [-0.39, 0.29) is 0 Å². The van der Waals surface area contributed by atoms with Gasteiger partial charge in [-0.1, -0.05) is 6.07 Å². The van der Waals surface area contributed by atoms with E-state index < -0.39 is 0 Å². The number of rotatable bonds is 1. The molecule has 0 aliphatic carbocycles. The first kappa shape index (κ1) is 8.68. The van der Waals surface area contributed by atoms with E-state index in [1.54, 1.807) is 6.20 Å². The minimum Gasteiger partial charge on any atom is -0.360 e. The first-order valence-corrected chi connectivity index (χ1v) is 5.05. The third-order valence-corrected chi connectivity index (χ3v) is 3.08. The summed E-state index contributed by atoms with van der Waals surface area (Å²) in [6.07, 6.45) is 2.72. The van der Waals surface area contributed by atoms with Gasteiger partial charge in [0.15, 0.2) is 6.29 Å². The molecule has 0 bridgehead atoms. The van der Waals surface area contributed by atoms with Crippen LogP contribution in [-0.4, -0.2) is 23.2 Å². The highest BCUT2D eigenvalue weighted by atomic mass is 16.1. The number of nitrogens with one attached hydrogen (secondary N) is 1. The normalized spacial score (nSPS) is 15.8. The van der Waals surface area contributed by atoms with Crippen LogP contribution >= 0.6 is 0 Å². The minimum atomic E-state index is 0.775. The molecule has 0 atom stereocenters. The zero-order chi connectivity index (χ0) is 10.4. The minimum absolute atomic E-state index is 0.775. The lowest BCUT2D eigenvalue weighted by Crippen LogP contribution is -2.07. The highest BCUT2D eigenvalue weighted by Crippen LogP contribution is 2.30. The molecule has 2 aromatic rings. The van der Waals surface area contributed by atoms with Gasteiger partial charge in [-0.2, -0.15) is 0 Å². The molecule has 3 rings (SSSR count). The van der Waals surface area contributed by atoms with Gasteiger partial charge >= 0.3 is 0 Å². The number of aromatic amines is 1. The molecule has 0 spiro atoms. The Hall–Kier alpha value is -1.61. The van der Waals surface area contributed by atoms with Crippen molar-refractivity contribution in [3.05, 3.63) is 35.0 Å². The second kappa shape index (κ2) is 2.94. The van der Waals surface area contributed by atoms with Crippen LogP contribution in [0.3, 0.4) is 0 Å². The Bertz CT molecular complexity index is 542. The SMILES string of the molecule is CN1Cc2ccc3[nH]cc(C=O)c3c2C1. The summed E-state index contributed by atoms with van der Waals surface area (Å²) in [6, 6.07) is 4.20. The smallest absolute Gasteiger partial charge is 0.152 e. The third-order valence-electron chi connectivity index (χ3n) is 3.08. The van der Waals surface area contributed by atoms with E-state index >= 15 is 0 Å². The lowest BCUT2D eigenvalue weighted by atomic mass is 10.0. The lowest BCUT2D eigenvalue weighted by Gasteiger charge is -2.03. The van der Waals surface area contributed by atoms with Crippen LogP contribution < -0.4 is 0 Å². The molecule has 0 fully saturated rings. The second-order valence-electron chi connectivity index (χ2n) is 4.16. The summed E-state index contributed by atoms with van der Waals surface area (Å²) >= 11 is 0. The van der Waals surface area contributed by atoms with Gasteiger partial charge in [0, 0.05) is 35.8 Å². The number of H-pyrrole nitrogens is 1. The molecule has 2 heterocycles. The molecule has 1 aromatic heterocycles. The molecule has 1 aliphatic heterocycles. The summed E-state index contributed by atoms with van der Waals surface area (Å²) in [7, 11) is 2.10. The zero-order valence-corrected chi connectivity index (χ0v) is 8.58. The number of aldehydes is 1. The summed E-state index contributed by atoms with van der Waals surface area (Å²) in [4.78, 5) is 16.3. The van der Waals surface area contributed by atoms with Crippen LogP contribution in [0.5, 0.6) is 0 Å². The van der Waals surface area contributed by atoms with Crippen LogP contribution in [0.4, 0.5) is 0 Å². The molecule has 76 valence electrons. The molecule has 15 heavy (non-hydrogen) atoms. The Morgan fingerprint density at radius 2 is 2.27 bits per heavy atom. The fraction of sp³-hybridized carbons (Fsp3) is 0.250. The maximum atomic E-state index is 10.9. The predicted molar refractivity (Wildman–Crippen MR) is 58.9 cm³/mol. The highest BCUT2D eigenvalue weighted by Gasteiger charge is 2.20. The molecule has 0 saturated carbocycles. The Morgan fingerprint density at radius 3 is 3.07 bits per heavy atom. The fourth-order valence-corrected chi connectivity index (χ4v) is 2.41. The van der Waals surface area contributed by atoms with Crippen LogP contribution in [0.1, 0.15) is 21.5 Å². The number of carbonyl (C=O) groups excluding carboxylic acids is 1. The molecule has 1 aliphatic rings. The summed E-state index contributed by atoms with van der Waals surface area (Å²) in [5.41, 5.74) is 4.48. The largest absolute Gasteiger partial charge is 0.360 e. The number of aromatic nitrogens is 1. The quantitative estimate of drug-likeness (QED) is 0.714. The third kappa shape index (κ3) is 1.13. The van der Waals surface area contributed by atoms with E-state index in [2.05, 4.69) is 29.1 Å². The maximum absolute atomic E-state index is 10.9. The van der Waals surface area contributed by atoms with Crippen molar-refractivity contribution in [1.29, 1.82) is 0 Å². The van der Waals surface area contributed by atoms with Crippen molar-refractivity contribution in [2.24, 2.45) is 0 Å². The number of nitrogens with zero attached hydrogens (tertiary/aromatic N) is 1. The topological polar surface area (TPSA) is 36.1 Å². The van der Waals surface area contributed by atoms with E-state index in [0.29, 0.717) is 0 Å². The van der Waals surface area contributed by atoms with E-state index in [1.165, 1.54) is 11.1 Å². The van der Waals surface area contributed by atoms with Crippen molar-refractivity contribution in [2.45, 2.75) is 13.1 Å². The van der Waals surface area contributed by atoms with E-state index in [4.69, 9.17) is 0 Å². The molecule has 0 radical (unpaired) electrons. The van der Waals surface area contributed by atoms with Gasteiger partial charge < -0.3 is 4.98 Å². The van der Waals surface area contributed by atoms with E-state index in [0.717, 1.165) is 35.8 Å². The second-order valence-corrected chi connectivity index (χ2v) is 4.16. The Morgan fingerprint density at radius 1 is 1.40 bits per heavy atom. The van der Waals surface area contributed by atoms with Crippen molar-refractivity contribution < 1.29 is 4.79 Å². The standard InChI is InChI=1S/C12H12N2O/c1-14-5-8-2-3-11-12(10(8)6-14)9(7-15)4-13-11/h2-4,7,13H,5-6H2,1H3. The summed E-state index contributed by atoms with van der Waals surface area (Å²) in [5.74, 6) is 0. The van der Waals surface area contributed by atoms with Gasteiger partial charge in [0.1, 0.15) is 0 Å². The van der Waals surface area contributed by atoms with Crippen molar-refractivity contribution in [3.8, 4) is 0 Å². The van der Waals surface area contributed by atoms with Crippen LogP contribution in [-0.2, 0) is 13.1 Å². The average Bonchev–Trinajstić information content (AvgIpc) is 2.78. The lowest BCUT2D eigenvalue weighted by molar-refractivity contribution is 0.112. The van der Waals surface area contributed by atoms with Gasteiger partial charge in [-0.3, -0.25) is 9.69 Å². The predicted octanol–water partition coefficient (Wildman–Crippen LogP) is 1.93. The number of benzene rings is 1. The molecule has 3 heteroatoms. The average molecular weight is 200 g/mol. The van der Waals surface area contributed by atoms with Crippen molar-refractivity contribution in [3.63, 3.8) is 0 Å². The Kier molecular flexibility index (Phi) is 1.70. The van der Waals surface area contributed by atoms with Crippen LogP contribution in [0.25, 0.3) is 10.9 Å². The molecule has 1 N–H and O–H groups in total. The molecule has 0 amide bonds. The number of carbonyl (C=O) groups is 1. The van der Waals surface area contributed by atoms with Crippen molar-refractivity contribution in [2.75, 3.05) is 7.05 Å². The number of hydrogen-bond acceptors (Lipinski definition) is 2. The molecular formula is C12H12N2O. The van der Waals surface area contributed by atoms with Gasteiger partial charge in [0.2, 0.25) is 0 Å². The van der Waals surface area contributed by atoms with E-state index in [9.17, 15) is 4.79 Å². The van der Waals surface area contributed by atoms with Gasteiger partial charge in [0.05, 0.1) is 0 Å². The monoisotopic (exact) mass is 200 g/mol. The Labute approximate surface area is 87.7 Å². The molecule has 1 aromatic carbocycles. The first-order chi connectivity index (χ1) is 7.29. The fourth-order valence-electron chi connectivity index (χ4n) is 2.41. The Balaban J connectivity index is 2.36. The van der Waals surface area contributed by atoms with Gasteiger partial charge in [-0.15, -0.1) is 0 Å². The van der Waals surface area contributed by atoms with Crippen LogP contribution in [0.15, 0.2) is 18.3 Å². The van der Waals surface area contributed by atoms with Crippen molar-refractivity contribution in [1.82, 2.24) is 9.88 Å². The molecular weight excluding hydrogens is 188 g/mol. The van der Waals surface area contributed by atoms with Crippen molar-refractivity contribution >= 4 is 17.2 Å². The van der Waals surface area contributed by atoms with Gasteiger partial charge in [-0.25, -0.2) is 0 Å². The zero-order valence-electron chi connectivity index (χ0n) is 8.58. The van der Waals surface area contributed by atoms with E-state index in [1.807, 2.05) is 0 Å².